The first kappa shape index (κ1) is 27.7. The summed E-state index contributed by atoms with van der Waals surface area (Å²) in [5, 5.41) is 0. The molecule has 0 aliphatic carbocycles. The predicted molar refractivity (Wildman–Crippen MR) is 145 cm³/mol. The van der Waals surface area contributed by atoms with Gasteiger partial charge in [0.25, 0.3) is 0 Å². The Morgan fingerprint density at radius 3 is 1.64 bits per heavy atom. The average Bonchev–Trinajstić information content (AvgIpc) is 3.38. The van der Waals surface area contributed by atoms with Gasteiger partial charge in [-0.05, 0) is 24.8 Å². The summed E-state index contributed by atoms with van der Waals surface area (Å²) in [6.45, 7) is 2.30. The van der Waals surface area contributed by atoms with Crippen LogP contribution in [0.4, 0.5) is 0 Å². The Kier molecular flexibility index (Phi) is 16.7. The lowest BCUT2D eigenvalue weighted by molar-refractivity contribution is 0.411. The van der Waals surface area contributed by atoms with E-state index < -0.39 is 0 Å². The third kappa shape index (κ3) is 14.3. The Morgan fingerprint density at radius 1 is 0.636 bits per heavy atom. The van der Waals surface area contributed by atoms with E-state index in [2.05, 4.69) is 53.0 Å². The van der Waals surface area contributed by atoms with Gasteiger partial charge >= 0.3 is 0 Å². The summed E-state index contributed by atoms with van der Waals surface area (Å²) in [4.78, 5) is 4.29. The first-order valence-electron chi connectivity index (χ1n) is 14.4. The lowest BCUT2D eigenvalue weighted by Gasteiger charge is -2.18. The van der Waals surface area contributed by atoms with Crippen LogP contribution >= 0.6 is 0 Å². The topological polar surface area (TPSA) is 17.8 Å². The molecule has 2 rings (SSSR count). The van der Waals surface area contributed by atoms with Crippen LogP contribution in [0.3, 0.4) is 0 Å². The van der Waals surface area contributed by atoms with E-state index in [1.807, 2.05) is 12.5 Å². The molecular weight excluding hydrogens is 400 g/mol. The molecular formula is C31H52N2. The van der Waals surface area contributed by atoms with Gasteiger partial charge in [-0.25, -0.2) is 4.98 Å². The fourth-order valence-electron chi connectivity index (χ4n) is 5.01. The summed E-state index contributed by atoms with van der Waals surface area (Å²) in [5.41, 5.74) is 1.45. The highest BCUT2D eigenvalue weighted by Gasteiger charge is 2.10. The van der Waals surface area contributed by atoms with Crippen molar-refractivity contribution in [3.8, 4) is 0 Å². The number of aryl methyl sites for hydroxylation is 1. The zero-order chi connectivity index (χ0) is 23.2. The molecule has 0 N–H and O–H groups in total. The van der Waals surface area contributed by atoms with Crippen molar-refractivity contribution in [3.63, 3.8) is 0 Å². The van der Waals surface area contributed by atoms with Crippen LogP contribution in [0.25, 0.3) is 0 Å². The van der Waals surface area contributed by atoms with Gasteiger partial charge in [0.15, 0.2) is 0 Å². The maximum Gasteiger partial charge on any atom is 0.0948 e. The Morgan fingerprint density at radius 2 is 1.15 bits per heavy atom. The predicted octanol–water partition coefficient (Wildman–Crippen LogP) is 10.1. The number of nitrogens with zero attached hydrogens (tertiary/aromatic N) is 2. The zero-order valence-electron chi connectivity index (χ0n) is 21.7. The molecule has 1 aromatic heterocycles. The molecule has 0 fully saturated rings. The van der Waals surface area contributed by atoms with E-state index in [0.717, 1.165) is 6.42 Å². The van der Waals surface area contributed by atoms with Crippen LogP contribution in [-0.2, 0) is 6.42 Å². The molecule has 33 heavy (non-hydrogen) atoms. The SMILES string of the molecule is CCCCCCCCCCCCCCCCCCCC(CCc1ccccc1)n1ccnc1. The second kappa shape index (κ2) is 19.9. The van der Waals surface area contributed by atoms with E-state index in [9.17, 15) is 0 Å². The van der Waals surface area contributed by atoms with Gasteiger partial charge in [-0.15, -0.1) is 0 Å². The van der Waals surface area contributed by atoms with Gasteiger partial charge in [-0.3, -0.25) is 0 Å². The number of hydrogen-bond donors (Lipinski definition) is 0. The molecule has 0 amide bonds. The Labute approximate surface area is 205 Å². The van der Waals surface area contributed by atoms with E-state index in [1.165, 1.54) is 128 Å². The third-order valence-electron chi connectivity index (χ3n) is 7.20. The molecule has 186 valence electrons. The Bertz CT molecular complexity index is 634. The fraction of sp³-hybridized carbons (Fsp3) is 0.710. The molecule has 1 atom stereocenters. The summed E-state index contributed by atoms with van der Waals surface area (Å²) in [6, 6.07) is 11.5. The van der Waals surface area contributed by atoms with Crippen molar-refractivity contribution in [2.45, 2.75) is 141 Å². The number of unbranched alkanes of at least 4 members (excludes halogenated alkanes) is 16. The second-order valence-electron chi connectivity index (χ2n) is 10.1. The van der Waals surface area contributed by atoms with Crippen LogP contribution < -0.4 is 0 Å². The third-order valence-corrected chi connectivity index (χ3v) is 7.20. The molecule has 0 saturated heterocycles. The van der Waals surface area contributed by atoms with Crippen LogP contribution in [0.15, 0.2) is 49.1 Å². The largest absolute Gasteiger partial charge is 0.334 e. The minimum atomic E-state index is 0.587. The standard InChI is InChI=1S/C31H52N2/c1-2-3-4-5-6-7-8-9-10-11-12-13-14-15-16-17-21-24-31(33-28-27-32-29-33)26-25-30-22-19-18-20-23-30/h18-20,22-23,27-29,31H,2-17,21,24-26H2,1H3. The van der Waals surface area contributed by atoms with Crippen molar-refractivity contribution in [2.24, 2.45) is 0 Å². The van der Waals surface area contributed by atoms with Gasteiger partial charge in [0.05, 0.1) is 6.33 Å². The van der Waals surface area contributed by atoms with Crippen molar-refractivity contribution in [1.29, 1.82) is 0 Å². The van der Waals surface area contributed by atoms with E-state index in [0.29, 0.717) is 6.04 Å². The number of benzene rings is 1. The van der Waals surface area contributed by atoms with Crippen molar-refractivity contribution < 1.29 is 0 Å². The summed E-state index contributed by atoms with van der Waals surface area (Å²) >= 11 is 0. The molecule has 1 unspecified atom stereocenters. The number of rotatable bonds is 22. The van der Waals surface area contributed by atoms with Crippen LogP contribution in [0.5, 0.6) is 0 Å². The normalized spacial score (nSPS) is 12.3. The molecule has 0 spiro atoms. The van der Waals surface area contributed by atoms with Crippen LogP contribution in [0, 0.1) is 0 Å². The van der Waals surface area contributed by atoms with Gasteiger partial charge in [0, 0.05) is 18.4 Å². The second-order valence-corrected chi connectivity index (χ2v) is 10.1. The van der Waals surface area contributed by atoms with E-state index in [-0.39, 0.29) is 0 Å². The lowest BCUT2D eigenvalue weighted by atomic mass is 9.99. The zero-order valence-corrected chi connectivity index (χ0v) is 21.7. The van der Waals surface area contributed by atoms with Crippen LogP contribution in [0.1, 0.15) is 141 Å². The smallest absolute Gasteiger partial charge is 0.0948 e. The summed E-state index contributed by atoms with van der Waals surface area (Å²) in [5.74, 6) is 0. The van der Waals surface area contributed by atoms with Gasteiger partial charge in [-0.2, -0.15) is 0 Å². The maximum atomic E-state index is 4.29. The van der Waals surface area contributed by atoms with Crippen molar-refractivity contribution in [3.05, 3.63) is 54.6 Å². The van der Waals surface area contributed by atoms with Crippen molar-refractivity contribution in [2.75, 3.05) is 0 Å². The first-order chi connectivity index (χ1) is 16.4. The molecule has 2 nitrogen and oxygen atoms in total. The maximum absolute atomic E-state index is 4.29. The van der Waals surface area contributed by atoms with E-state index >= 15 is 0 Å². The molecule has 0 radical (unpaired) electrons. The number of aromatic nitrogens is 2. The minimum absolute atomic E-state index is 0.587. The molecule has 0 aliphatic heterocycles. The van der Waals surface area contributed by atoms with Gasteiger partial charge in [0.2, 0.25) is 0 Å². The minimum Gasteiger partial charge on any atom is -0.334 e. The quantitative estimate of drug-likeness (QED) is 0.162. The molecule has 1 heterocycles. The highest BCUT2D eigenvalue weighted by molar-refractivity contribution is 5.14. The summed E-state index contributed by atoms with van der Waals surface area (Å²) in [6.07, 6.45) is 34.1. The summed E-state index contributed by atoms with van der Waals surface area (Å²) < 4.78 is 2.33. The molecule has 2 aromatic rings. The van der Waals surface area contributed by atoms with Gasteiger partial charge in [-0.1, -0.05) is 146 Å². The Balaban J connectivity index is 1.40. The van der Waals surface area contributed by atoms with E-state index in [4.69, 9.17) is 0 Å². The van der Waals surface area contributed by atoms with Crippen molar-refractivity contribution >= 4 is 0 Å². The average molecular weight is 453 g/mol. The highest BCUT2D eigenvalue weighted by Crippen LogP contribution is 2.23. The molecule has 0 saturated carbocycles. The lowest BCUT2D eigenvalue weighted by Crippen LogP contribution is -2.08. The number of hydrogen-bond acceptors (Lipinski definition) is 1. The van der Waals surface area contributed by atoms with Crippen LogP contribution in [-0.4, -0.2) is 9.55 Å². The van der Waals surface area contributed by atoms with Crippen LogP contribution in [0.2, 0.25) is 0 Å². The fourth-order valence-corrected chi connectivity index (χ4v) is 5.01. The highest BCUT2D eigenvalue weighted by atomic mass is 15.0. The molecule has 0 aliphatic rings. The van der Waals surface area contributed by atoms with Gasteiger partial charge < -0.3 is 4.57 Å². The van der Waals surface area contributed by atoms with Crippen molar-refractivity contribution in [1.82, 2.24) is 9.55 Å². The number of imidazole rings is 1. The molecule has 0 bridgehead atoms. The summed E-state index contributed by atoms with van der Waals surface area (Å²) in [7, 11) is 0. The van der Waals surface area contributed by atoms with Gasteiger partial charge in [0.1, 0.15) is 0 Å². The first-order valence-corrected chi connectivity index (χ1v) is 14.4. The Hall–Kier alpha value is -1.57. The van der Waals surface area contributed by atoms with E-state index in [1.54, 1.807) is 0 Å². The molecule has 2 heteroatoms. The monoisotopic (exact) mass is 452 g/mol. The molecule has 1 aromatic carbocycles.